The van der Waals surface area contributed by atoms with Gasteiger partial charge in [0.2, 0.25) is 23.6 Å². The van der Waals surface area contributed by atoms with Gasteiger partial charge in [0.1, 0.15) is 12.1 Å². The first kappa shape index (κ1) is 29.3. The second-order valence-corrected chi connectivity index (χ2v) is 12.9. The van der Waals surface area contributed by atoms with Crippen LogP contribution in [0.2, 0.25) is 0 Å². The van der Waals surface area contributed by atoms with E-state index in [0.29, 0.717) is 37.3 Å². The van der Waals surface area contributed by atoms with E-state index in [4.69, 9.17) is 0 Å². The van der Waals surface area contributed by atoms with Gasteiger partial charge in [-0.05, 0) is 87.3 Å². The first-order valence-electron chi connectivity index (χ1n) is 16.4. The molecular weight excluding hydrogens is 568 g/mol. The molecule has 1 aromatic heterocycles. The van der Waals surface area contributed by atoms with Crippen LogP contribution >= 0.6 is 0 Å². The smallest absolute Gasteiger partial charge is 0.247 e. The third kappa shape index (κ3) is 5.98. The third-order valence-electron chi connectivity index (χ3n) is 10.1. The van der Waals surface area contributed by atoms with Gasteiger partial charge in [-0.25, -0.2) is 0 Å². The third-order valence-corrected chi connectivity index (χ3v) is 10.1. The molecule has 0 radical (unpaired) electrons. The van der Waals surface area contributed by atoms with Crippen molar-refractivity contribution in [1.29, 1.82) is 0 Å². The highest BCUT2D eigenvalue weighted by Gasteiger charge is 2.40. The topological polar surface area (TPSA) is 128 Å². The zero-order valence-electron chi connectivity index (χ0n) is 25.5. The van der Waals surface area contributed by atoms with Gasteiger partial charge in [-0.2, -0.15) is 5.10 Å². The van der Waals surface area contributed by atoms with Crippen LogP contribution in [0, 0.1) is 11.8 Å². The fraction of sp³-hybridized carbons (Fsp3) is 0.457. The Bertz CT molecular complexity index is 1460. The number of hydrogen-bond acceptors (Lipinski definition) is 5. The van der Waals surface area contributed by atoms with E-state index >= 15 is 0 Å². The second-order valence-electron chi connectivity index (χ2n) is 12.9. The monoisotopic (exact) mass is 608 g/mol. The fourth-order valence-electron chi connectivity index (χ4n) is 6.91. The Morgan fingerprint density at radius 1 is 0.622 bits per heavy atom. The van der Waals surface area contributed by atoms with E-state index in [9.17, 15) is 19.2 Å². The van der Waals surface area contributed by atoms with Crippen molar-refractivity contribution >= 4 is 35.0 Å². The van der Waals surface area contributed by atoms with Gasteiger partial charge in [0.15, 0.2) is 0 Å². The lowest BCUT2D eigenvalue weighted by Crippen LogP contribution is -2.46. The van der Waals surface area contributed by atoms with Crippen molar-refractivity contribution in [2.45, 2.75) is 76.3 Å². The summed E-state index contributed by atoms with van der Waals surface area (Å²) in [6.07, 6.45) is 9.07. The van der Waals surface area contributed by atoms with Gasteiger partial charge in [-0.15, -0.1) is 0 Å². The summed E-state index contributed by atoms with van der Waals surface area (Å²) < 4.78 is 0. The number of carbonyl (C=O) groups is 4. The van der Waals surface area contributed by atoms with E-state index in [0.717, 1.165) is 73.9 Å². The van der Waals surface area contributed by atoms with Crippen LogP contribution in [0.3, 0.4) is 0 Å². The van der Waals surface area contributed by atoms with E-state index < -0.39 is 12.1 Å². The van der Waals surface area contributed by atoms with Crippen molar-refractivity contribution in [2.24, 2.45) is 11.8 Å². The highest BCUT2D eigenvalue weighted by Crippen LogP contribution is 2.33. The molecule has 3 N–H and O–H groups in total. The number of aromatic amines is 1. The van der Waals surface area contributed by atoms with Crippen LogP contribution in [0.15, 0.2) is 54.6 Å². The van der Waals surface area contributed by atoms with Crippen molar-refractivity contribution in [3.8, 4) is 22.5 Å². The van der Waals surface area contributed by atoms with Gasteiger partial charge in [0, 0.05) is 41.9 Å². The van der Waals surface area contributed by atoms with Crippen molar-refractivity contribution in [3.63, 3.8) is 0 Å². The Labute approximate surface area is 262 Å². The molecule has 0 unspecified atom stereocenters. The summed E-state index contributed by atoms with van der Waals surface area (Å²) in [5.74, 6) is 0.207. The molecule has 2 aliphatic carbocycles. The summed E-state index contributed by atoms with van der Waals surface area (Å²) in [5, 5.41) is 13.6. The van der Waals surface area contributed by atoms with Crippen molar-refractivity contribution in [2.75, 3.05) is 23.7 Å². The molecule has 234 valence electrons. The molecule has 7 rings (SSSR count). The van der Waals surface area contributed by atoms with Crippen LogP contribution < -0.4 is 10.6 Å². The number of benzene rings is 2. The summed E-state index contributed by atoms with van der Waals surface area (Å²) in [5.41, 5.74) is 4.82. The summed E-state index contributed by atoms with van der Waals surface area (Å²) in [4.78, 5) is 55.2. The van der Waals surface area contributed by atoms with E-state index in [-0.39, 0.29) is 35.5 Å². The van der Waals surface area contributed by atoms with Crippen molar-refractivity contribution < 1.29 is 19.2 Å². The highest BCUT2D eigenvalue weighted by molar-refractivity contribution is 5.99. The standard InChI is InChI=1S/C35H40N6O4/c42-32(30-9-3-19-40(30)34(44)24-5-1-6-24)36-26-15-11-22(12-16-26)28-21-29(39-38-28)23-13-17-27(18-14-23)37-33(43)31-10-4-20-41(31)35(45)25-7-2-8-25/h11-18,21,24-25,30-31H,1-10,19-20H2,(H,36,42)(H,37,43)(H,38,39)/t30-,31-/m0/s1. The van der Waals surface area contributed by atoms with Gasteiger partial charge in [-0.3, -0.25) is 24.3 Å². The lowest BCUT2D eigenvalue weighted by atomic mass is 9.84. The number of aromatic nitrogens is 2. The molecule has 10 nitrogen and oxygen atoms in total. The Morgan fingerprint density at radius 2 is 1.09 bits per heavy atom. The summed E-state index contributed by atoms with van der Waals surface area (Å²) >= 11 is 0. The molecule has 3 heterocycles. The van der Waals surface area contributed by atoms with Gasteiger partial charge in [-0.1, -0.05) is 37.1 Å². The molecule has 45 heavy (non-hydrogen) atoms. The molecule has 0 spiro atoms. The molecule has 4 fully saturated rings. The van der Waals surface area contributed by atoms with Gasteiger partial charge in [0.25, 0.3) is 0 Å². The summed E-state index contributed by atoms with van der Waals surface area (Å²) in [7, 11) is 0. The molecular formula is C35H40N6O4. The fourth-order valence-corrected chi connectivity index (χ4v) is 6.91. The zero-order chi connectivity index (χ0) is 30.9. The lowest BCUT2D eigenvalue weighted by Gasteiger charge is -2.32. The highest BCUT2D eigenvalue weighted by atomic mass is 16.2. The molecule has 0 bridgehead atoms. The van der Waals surface area contributed by atoms with E-state index in [1.807, 2.05) is 54.6 Å². The van der Waals surface area contributed by atoms with Crippen LogP contribution in [-0.2, 0) is 19.2 Å². The first-order valence-corrected chi connectivity index (χ1v) is 16.4. The normalized spacial score (nSPS) is 21.7. The molecule has 2 aromatic carbocycles. The van der Waals surface area contributed by atoms with E-state index in [1.54, 1.807) is 9.80 Å². The second kappa shape index (κ2) is 12.5. The van der Waals surface area contributed by atoms with Gasteiger partial charge >= 0.3 is 0 Å². The van der Waals surface area contributed by atoms with Crippen LogP contribution in [0.5, 0.6) is 0 Å². The zero-order valence-corrected chi connectivity index (χ0v) is 25.5. The summed E-state index contributed by atoms with van der Waals surface area (Å²) in [6, 6.07) is 16.3. The van der Waals surface area contributed by atoms with Crippen LogP contribution in [0.25, 0.3) is 22.5 Å². The number of nitrogens with one attached hydrogen (secondary N) is 3. The maximum Gasteiger partial charge on any atom is 0.247 e. The maximum atomic E-state index is 13.0. The Kier molecular flexibility index (Phi) is 8.12. The molecule has 2 saturated carbocycles. The molecule has 2 aliphatic heterocycles. The average molecular weight is 609 g/mol. The molecule has 4 aliphatic rings. The van der Waals surface area contributed by atoms with Crippen molar-refractivity contribution in [3.05, 3.63) is 54.6 Å². The number of H-pyrrole nitrogens is 1. The van der Waals surface area contributed by atoms with Crippen LogP contribution in [-0.4, -0.2) is 68.8 Å². The molecule has 2 atom stereocenters. The molecule has 10 heteroatoms. The Balaban J connectivity index is 0.944. The number of anilines is 2. The largest absolute Gasteiger partial charge is 0.330 e. The Morgan fingerprint density at radius 3 is 1.53 bits per heavy atom. The SMILES string of the molecule is O=C(Nc1ccc(-c2cc(-c3ccc(NC(=O)[C@@H]4CCCN4C(=O)C4CCC4)cc3)[nH]n2)cc1)[C@@H]1CCCN1C(=O)C1CCC1. The maximum absolute atomic E-state index is 13.0. The van der Waals surface area contributed by atoms with Crippen LogP contribution in [0.4, 0.5) is 11.4 Å². The number of hydrogen-bond donors (Lipinski definition) is 3. The average Bonchev–Trinajstić information content (AvgIpc) is 3.77. The minimum atomic E-state index is -0.398. The van der Waals surface area contributed by atoms with Gasteiger partial charge < -0.3 is 20.4 Å². The minimum absolute atomic E-state index is 0.0948. The predicted molar refractivity (Wildman–Crippen MR) is 171 cm³/mol. The number of likely N-dealkylation sites (tertiary alicyclic amines) is 2. The van der Waals surface area contributed by atoms with Crippen LogP contribution in [0.1, 0.15) is 64.2 Å². The number of nitrogens with zero attached hydrogens (tertiary/aromatic N) is 3. The molecule has 3 aromatic rings. The van der Waals surface area contributed by atoms with E-state index in [1.165, 1.54) is 0 Å². The first-order chi connectivity index (χ1) is 21.9. The predicted octanol–water partition coefficient (Wildman–Crippen LogP) is 5.20. The number of rotatable bonds is 8. The van der Waals surface area contributed by atoms with E-state index in [2.05, 4.69) is 20.8 Å². The number of carbonyl (C=O) groups excluding carboxylic acids is 4. The lowest BCUT2D eigenvalue weighted by molar-refractivity contribution is -0.142. The quantitative estimate of drug-likeness (QED) is 0.324. The number of amides is 4. The Hall–Kier alpha value is -4.47. The summed E-state index contributed by atoms with van der Waals surface area (Å²) in [6.45, 7) is 1.32. The minimum Gasteiger partial charge on any atom is -0.330 e. The van der Waals surface area contributed by atoms with Gasteiger partial charge in [0.05, 0.1) is 11.4 Å². The molecule has 4 amide bonds. The van der Waals surface area contributed by atoms with Crippen molar-refractivity contribution in [1.82, 2.24) is 20.0 Å². The molecule has 2 saturated heterocycles.